The van der Waals surface area contributed by atoms with Crippen LogP contribution in [0.15, 0.2) is 21.8 Å². The van der Waals surface area contributed by atoms with Crippen LogP contribution in [0.5, 0.6) is 0 Å². The predicted octanol–water partition coefficient (Wildman–Crippen LogP) is -3.82. The van der Waals surface area contributed by atoms with Crippen molar-refractivity contribution in [2.24, 2.45) is 5.16 Å². The van der Waals surface area contributed by atoms with Crippen molar-refractivity contribution in [1.29, 1.82) is 0 Å². The Morgan fingerprint density at radius 3 is 2.94 bits per heavy atom. The summed E-state index contributed by atoms with van der Waals surface area (Å²) in [5.41, 5.74) is 6.71. The molecule has 0 aromatic carbocycles. The number of thioether (sulfide) groups is 1. The summed E-state index contributed by atoms with van der Waals surface area (Å²) >= 11 is 7.47. The second-order valence-electron chi connectivity index (χ2n) is 6.78. The van der Waals surface area contributed by atoms with Gasteiger partial charge in [-0.3, -0.25) is 14.5 Å². The zero-order chi connectivity index (χ0) is 22.1. The van der Waals surface area contributed by atoms with E-state index in [4.69, 9.17) is 32.3 Å². The van der Waals surface area contributed by atoms with Crippen LogP contribution >= 0.6 is 35.3 Å². The number of nitrogens with two attached hydrogens (primary N) is 1. The number of nitrogens with zero attached hydrogens (tertiary/aromatic N) is 3. The molecule has 0 saturated carbocycles. The molecule has 0 spiro atoms. The van der Waals surface area contributed by atoms with Crippen molar-refractivity contribution in [3.05, 3.63) is 22.3 Å². The van der Waals surface area contributed by atoms with Gasteiger partial charge in [0.1, 0.15) is 31.0 Å². The molecule has 1 aromatic heterocycles. The van der Waals surface area contributed by atoms with Crippen LogP contribution in [0.1, 0.15) is 12.1 Å². The first-order valence-corrected chi connectivity index (χ1v) is 11.4. The fourth-order valence-electron chi connectivity index (χ4n) is 3.49. The molecule has 0 bridgehead atoms. The third-order valence-corrected chi connectivity index (χ3v) is 7.06. The van der Waals surface area contributed by atoms with Gasteiger partial charge < -0.3 is 30.5 Å². The van der Waals surface area contributed by atoms with E-state index in [1.165, 1.54) is 23.8 Å². The normalized spacial score (nSPS) is 25.0. The Hall–Kier alpha value is -1.26. The standard InChI is InChI=1S/C17H19N5O6S3.Na/c1-26-21-10(9-5-31-17(18)19-9)13(23)20-11-14(24)22-12(16(25)29)7(4-30-15(11)22)2-8-3-27-6-28-8;/h5,8,11,15H,2-4,6H2,1H3,(H2,18,19)(H,20,23)(H,25,29);/q;+1/p-1/b21-10-;/t8?,11?,15-;/m1./s1. The average Bonchev–Trinajstić information content (AvgIpc) is 3.41. The second-order valence-corrected chi connectivity index (χ2v) is 9.14. The second kappa shape index (κ2) is 10.8. The SMILES string of the molecule is CO/N=C(\C(=O)NC1C(=O)N2C(C([O-])=S)=C(CC3COCO3)CS[C@H]12)c1csc(N)n1.[Na+]. The van der Waals surface area contributed by atoms with E-state index in [9.17, 15) is 14.7 Å². The Labute approximate surface area is 219 Å². The summed E-state index contributed by atoms with van der Waals surface area (Å²) in [7, 11) is 1.29. The summed E-state index contributed by atoms with van der Waals surface area (Å²) in [5.74, 6) is -0.572. The van der Waals surface area contributed by atoms with E-state index in [-0.39, 0.29) is 64.7 Å². The fraction of sp³-hybridized carbons (Fsp3) is 0.471. The molecular weight excluding hydrogens is 489 g/mol. The number of anilines is 1. The average molecular weight is 508 g/mol. The van der Waals surface area contributed by atoms with E-state index >= 15 is 0 Å². The van der Waals surface area contributed by atoms with Gasteiger partial charge in [-0.2, -0.15) is 0 Å². The number of rotatable bonds is 7. The molecule has 3 N–H and O–H groups in total. The molecule has 3 atom stereocenters. The van der Waals surface area contributed by atoms with Gasteiger partial charge in [0, 0.05) is 23.3 Å². The minimum absolute atomic E-state index is 0. The quantitative estimate of drug-likeness (QED) is 0.124. The fourth-order valence-corrected chi connectivity index (χ4v) is 5.65. The predicted molar refractivity (Wildman–Crippen MR) is 115 cm³/mol. The third-order valence-electron chi connectivity index (χ3n) is 4.85. The number of thiocarbonyl (C=S) groups is 1. The maximum absolute atomic E-state index is 12.9. The molecule has 11 nitrogen and oxygen atoms in total. The number of nitrogen functional groups attached to an aromatic ring is 1. The van der Waals surface area contributed by atoms with Gasteiger partial charge >= 0.3 is 29.6 Å². The largest absolute Gasteiger partial charge is 1.00 e. The minimum Gasteiger partial charge on any atom is -0.863 e. The van der Waals surface area contributed by atoms with Crippen LogP contribution in [-0.2, 0) is 23.9 Å². The van der Waals surface area contributed by atoms with Crippen molar-refractivity contribution in [3.63, 3.8) is 0 Å². The Balaban J connectivity index is 0.00000289. The Kier molecular flexibility index (Phi) is 8.54. The molecule has 2 amide bonds. The zero-order valence-corrected chi connectivity index (χ0v) is 21.7. The van der Waals surface area contributed by atoms with E-state index < -0.39 is 28.3 Å². The molecule has 4 rings (SSSR count). The van der Waals surface area contributed by atoms with E-state index in [0.717, 1.165) is 16.9 Å². The summed E-state index contributed by atoms with van der Waals surface area (Å²) in [5, 5.41) is 19.3. The molecule has 2 saturated heterocycles. The number of amides is 2. The van der Waals surface area contributed by atoms with Gasteiger partial charge in [-0.05, 0) is 10.6 Å². The Bertz CT molecular complexity index is 980. The van der Waals surface area contributed by atoms with E-state index in [1.807, 2.05) is 0 Å². The first kappa shape index (κ1) is 25.4. The van der Waals surface area contributed by atoms with Crippen molar-refractivity contribution in [2.45, 2.75) is 23.9 Å². The molecule has 166 valence electrons. The number of nitrogens with one attached hydrogen (secondary N) is 1. The molecular formula is C17H18N5NaO6S3. The molecule has 32 heavy (non-hydrogen) atoms. The number of hydrogen-bond acceptors (Lipinski definition) is 12. The number of oxime groups is 1. The van der Waals surface area contributed by atoms with Crippen LogP contribution < -0.4 is 45.7 Å². The molecule has 1 aromatic rings. The monoisotopic (exact) mass is 507 g/mol. The van der Waals surface area contributed by atoms with Gasteiger partial charge in [-0.1, -0.05) is 17.4 Å². The summed E-state index contributed by atoms with van der Waals surface area (Å²) in [6, 6.07) is -0.840. The van der Waals surface area contributed by atoms with E-state index in [0.29, 0.717) is 18.8 Å². The van der Waals surface area contributed by atoms with Crippen molar-refractivity contribution in [3.8, 4) is 0 Å². The van der Waals surface area contributed by atoms with Gasteiger partial charge in [-0.25, -0.2) is 4.98 Å². The number of aromatic nitrogens is 1. The van der Waals surface area contributed by atoms with Crippen LogP contribution in [0.2, 0.25) is 0 Å². The van der Waals surface area contributed by atoms with Crippen LogP contribution in [0.25, 0.3) is 0 Å². The molecule has 3 aliphatic rings. The first-order valence-electron chi connectivity index (χ1n) is 9.11. The summed E-state index contributed by atoms with van der Waals surface area (Å²) in [6.07, 6.45) is 0.274. The molecule has 0 aliphatic carbocycles. The molecule has 15 heteroatoms. The number of carbonyl (C=O) groups excluding carboxylic acids is 2. The number of hydrogen-bond donors (Lipinski definition) is 2. The number of β-lactam (4-membered cyclic amide) rings is 1. The van der Waals surface area contributed by atoms with Gasteiger partial charge in [0.2, 0.25) is 0 Å². The minimum atomic E-state index is -0.840. The molecule has 2 unspecified atom stereocenters. The summed E-state index contributed by atoms with van der Waals surface area (Å²) < 4.78 is 10.6. The molecule has 2 fully saturated rings. The summed E-state index contributed by atoms with van der Waals surface area (Å²) in [4.78, 5) is 35.8. The Morgan fingerprint density at radius 1 is 1.56 bits per heavy atom. The Morgan fingerprint density at radius 2 is 2.34 bits per heavy atom. The first-order chi connectivity index (χ1) is 14.9. The van der Waals surface area contributed by atoms with Crippen molar-refractivity contribution < 1.29 is 58.6 Å². The van der Waals surface area contributed by atoms with Crippen LogP contribution in [0.4, 0.5) is 5.13 Å². The third kappa shape index (κ3) is 4.97. The van der Waals surface area contributed by atoms with Crippen LogP contribution in [-0.4, -0.2) is 76.2 Å². The number of fused-ring (bicyclic) bond motifs is 1. The van der Waals surface area contributed by atoms with Gasteiger partial charge in [0.25, 0.3) is 11.8 Å². The van der Waals surface area contributed by atoms with Gasteiger partial charge in [0.05, 0.1) is 12.7 Å². The van der Waals surface area contributed by atoms with E-state index in [2.05, 4.69) is 15.5 Å². The maximum Gasteiger partial charge on any atom is 1.00 e. The smallest absolute Gasteiger partial charge is 0.863 e. The molecule has 0 radical (unpaired) electrons. The van der Waals surface area contributed by atoms with Crippen LogP contribution in [0, 0.1) is 0 Å². The van der Waals surface area contributed by atoms with Gasteiger partial charge in [-0.15, -0.1) is 23.1 Å². The number of carbonyl (C=O) groups is 2. The zero-order valence-electron chi connectivity index (χ0n) is 17.2. The maximum atomic E-state index is 12.9. The van der Waals surface area contributed by atoms with Gasteiger partial charge in [0.15, 0.2) is 10.8 Å². The van der Waals surface area contributed by atoms with E-state index in [1.54, 1.807) is 5.38 Å². The van der Waals surface area contributed by atoms with Crippen molar-refractivity contribution in [2.75, 3.05) is 32.0 Å². The van der Waals surface area contributed by atoms with Crippen molar-refractivity contribution >= 4 is 63.0 Å². The topological polar surface area (TPSA) is 151 Å². The van der Waals surface area contributed by atoms with Crippen molar-refractivity contribution in [1.82, 2.24) is 15.2 Å². The molecule has 3 aliphatic heterocycles. The molecule has 4 heterocycles. The number of thiazole rings is 1. The summed E-state index contributed by atoms with van der Waals surface area (Å²) in [6.45, 7) is 0.628. The number of ether oxygens (including phenoxy) is 2. The van der Waals surface area contributed by atoms with Crippen LogP contribution in [0.3, 0.4) is 0 Å².